The molecule has 1 aromatic heterocycles. The van der Waals surface area contributed by atoms with Gasteiger partial charge < -0.3 is 19.5 Å². The number of quaternary nitrogens is 1. The standard InChI is InChI=1S/C20H21FN4O2/c1-27-11-10-24-8-9-25-18-7-6-16(12-17(18)23-19(25)13-24)22-20(26)14-2-4-15(21)5-3-14/h2-7,12H,8-11,13H2,1H3,(H,22,26)/p+1. The maximum Gasteiger partial charge on any atom is 0.255 e. The number of hydrogen-bond donors (Lipinski definition) is 2. The summed E-state index contributed by atoms with van der Waals surface area (Å²) >= 11 is 0. The highest BCUT2D eigenvalue weighted by molar-refractivity contribution is 6.04. The number of carbonyl (C=O) groups excluding carboxylic acids is 1. The van der Waals surface area contributed by atoms with Crippen LogP contribution in [0.1, 0.15) is 16.2 Å². The van der Waals surface area contributed by atoms with Gasteiger partial charge in [-0.25, -0.2) is 9.37 Å². The van der Waals surface area contributed by atoms with Crippen molar-refractivity contribution in [1.82, 2.24) is 9.55 Å². The van der Waals surface area contributed by atoms with Gasteiger partial charge in [-0.05, 0) is 42.5 Å². The second-order valence-corrected chi connectivity index (χ2v) is 6.76. The third-order valence-electron chi connectivity index (χ3n) is 4.95. The van der Waals surface area contributed by atoms with Crippen LogP contribution in [0.5, 0.6) is 0 Å². The van der Waals surface area contributed by atoms with Gasteiger partial charge in [0.1, 0.15) is 18.9 Å². The van der Waals surface area contributed by atoms with E-state index in [1.807, 2.05) is 18.2 Å². The molecule has 1 aliphatic heterocycles. The van der Waals surface area contributed by atoms with Crippen molar-refractivity contribution in [3.05, 3.63) is 59.7 Å². The summed E-state index contributed by atoms with van der Waals surface area (Å²) in [6, 6.07) is 11.2. The van der Waals surface area contributed by atoms with Crippen molar-refractivity contribution in [1.29, 1.82) is 0 Å². The number of aromatic nitrogens is 2. The van der Waals surface area contributed by atoms with Crippen LogP contribution >= 0.6 is 0 Å². The molecule has 1 atom stereocenters. The lowest BCUT2D eigenvalue weighted by molar-refractivity contribution is -0.918. The molecule has 0 radical (unpaired) electrons. The van der Waals surface area contributed by atoms with Gasteiger partial charge in [0.05, 0.1) is 30.7 Å². The summed E-state index contributed by atoms with van der Waals surface area (Å²) in [6.07, 6.45) is 0. The van der Waals surface area contributed by atoms with Crippen LogP contribution in [-0.4, -0.2) is 42.3 Å². The van der Waals surface area contributed by atoms with Gasteiger partial charge in [-0.15, -0.1) is 0 Å². The molecular weight excluding hydrogens is 347 g/mol. The molecule has 2 aromatic carbocycles. The molecule has 4 rings (SSSR count). The Morgan fingerprint density at radius 1 is 1.30 bits per heavy atom. The lowest BCUT2D eigenvalue weighted by atomic mass is 10.2. The van der Waals surface area contributed by atoms with E-state index in [4.69, 9.17) is 9.72 Å². The minimum Gasteiger partial charge on any atom is -0.379 e. The van der Waals surface area contributed by atoms with Crippen molar-refractivity contribution in [3.63, 3.8) is 0 Å². The van der Waals surface area contributed by atoms with Crippen molar-refractivity contribution < 1.29 is 18.8 Å². The molecule has 3 aromatic rings. The monoisotopic (exact) mass is 369 g/mol. The smallest absolute Gasteiger partial charge is 0.255 e. The second-order valence-electron chi connectivity index (χ2n) is 6.76. The Balaban J connectivity index is 1.53. The topological polar surface area (TPSA) is 60.6 Å². The quantitative estimate of drug-likeness (QED) is 0.716. The molecule has 27 heavy (non-hydrogen) atoms. The average molecular weight is 369 g/mol. The number of fused-ring (bicyclic) bond motifs is 3. The van der Waals surface area contributed by atoms with E-state index >= 15 is 0 Å². The van der Waals surface area contributed by atoms with E-state index in [1.165, 1.54) is 29.2 Å². The van der Waals surface area contributed by atoms with Crippen LogP contribution in [-0.2, 0) is 17.8 Å². The van der Waals surface area contributed by atoms with Crippen LogP contribution in [0.2, 0.25) is 0 Å². The second kappa shape index (κ2) is 7.46. The Kier molecular flexibility index (Phi) is 4.87. The normalized spacial score (nSPS) is 16.3. The molecule has 0 aliphatic carbocycles. The van der Waals surface area contributed by atoms with Gasteiger partial charge in [-0.3, -0.25) is 4.79 Å². The zero-order valence-corrected chi connectivity index (χ0v) is 15.2. The van der Waals surface area contributed by atoms with Crippen molar-refractivity contribution >= 4 is 22.6 Å². The fourth-order valence-corrected chi connectivity index (χ4v) is 3.49. The van der Waals surface area contributed by atoms with Crippen molar-refractivity contribution in [2.24, 2.45) is 0 Å². The van der Waals surface area contributed by atoms with Gasteiger partial charge in [0.25, 0.3) is 5.91 Å². The van der Waals surface area contributed by atoms with E-state index in [9.17, 15) is 9.18 Å². The third kappa shape index (κ3) is 3.70. The molecule has 0 bridgehead atoms. The lowest BCUT2D eigenvalue weighted by Gasteiger charge is -2.24. The maximum absolute atomic E-state index is 13.0. The predicted molar refractivity (Wildman–Crippen MR) is 100 cm³/mol. The Bertz CT molecular complexity index is 968. The number of ether oxygens (including phenoxy) is 1. The summed E-state index contributed by atoms with van der Waals surface area (Å²) in [5.41, 5.74) is 3.04. The first-order valence-corrected chi connectivity index (χ1v) is 9.02. The van der Waals surface area contributed by atoms with Gasteiger partial charge in [0.2, 0.25) is 0 Å². The lowest BCUT2D eigenvalue weighted by Crippen LogP contribution is -3.12. The summed E-state index contributed by atoms with van der Waals surface area (Å²) in [5.74, 6) is 0.427. The first kappa shape index (κ1) is 17.6. The van der Waals surface area contributed by atoms with Gasteiger partial charge in [-0.1, -0.05) is 0 Å². The fraction of sp³-hybridized carbons (Fsp3) is 0.300. The Labute approximate surface area is 156 Å². The molecule has 0 fully saturated rings. The Hall–Kier alpha value is -2.77. The summed E-state index contributed by atoms with van der Waals surface area (Å²) in [4.78, 5) is 18.6. The van der Waals surface area contributed by atoms with Gasteiger partial charge >= 0.3 is 0 Å². The van der Waals surface area contributed by atoms with Gasteiger partial charge in [0, 0.05) is 18.4 Å². The minimum atomic E-state index is -0.363. The molecule has 0 saturated heterocycles. The molecular formula is C20H22FN4O2+. The predicted octanol–water partition coefficient (Wildman–Crippen LogP) is 1.47. The number of carbonyl (C=O) groups is 1. The van der Waals surface area contributed by atoms with Crippen molar-refractivity contribution in [2.75, 3.05) is 32.1 Å². The minimum absolute atomic E-state index is 0.270. The SMILES string of the molecule is COCC[NH+]1CCn2c(nc3cc(NC(=O)c4ccc(F)cc4)ccc32)C1. The molecule has 140 valence electrons. The number of amides is 1. The molecule has 2 heterocycles. The fourth-order valence-electron chi connectivity index (χ4n) is 3.49. The summed E-state index contributed by atoms with van der Waals surface area (Å²) < 4.78 is 20.4. The number of halogens is 1. The molecule has 6 nitrogen and oxygen atoms in total. The highest BCUT2D eigenvalue weighted by Crippen LogP contribution is 2.21. The molecule has 2 N–H and O–H groups in total. The molecule has 0 spiro atoms. The van der Waals surface area contributed by atoms with Crippen LogP contribution in [0.4, 0.5) is 10.1 Å². The highest BCUT2D eigenvalue weighted by Gasteiger charge is 2.22. The van der Waals surface area contributed by atoms with E-state index in [1.54, 1.807) is 7.11 Å². The van der Waals surface area contributed by atoms with E-state index in [2.05, 4.69) is 9.88 Å². The molecule has 1 aliphatic rings. The van der Waals surface area contributed by atoms with Gasteiger partial charge in [0.15, 0.2) is 5.82 Å². The average Bonchev–Trinajstić information content (AvgIpc) is 3.03. The number of nitrogens with one attached hydrogen (secondary N) is 2. The van der Waals surface area contributed by atoms with Crippen LogP contribution in [0.3, 0.4) is 0 Å². The summed E-state index contributed by atoms with van der Waals surface area (Å²) in [7, 11) is 1.72. The molecule has 1 unspecified atom stereocenters. The van der Waals surface area contributed by atoms with E-state index < -0.39 is 0 Å². The van der Waals surface area contributed by atoms with Crippen molar-refractivity contribution in [3.8, 4) is 0 Å². The number of anilines is 1. The van der Waals surface area contributed by atoms with Gasteiger partial charge in [-0.2, -0.15) is 0 Å². The number of benzene rings is 2. The first-order chi connectivity index (χ1) is 13.1. The van der Waals surface area contributed by atoms with E-state index in [-0.39, 0.29) is 11.7 Å². The van der Waals surface area contributed by atoms with Crippen molar-refractivity contribution in [2.45, 2.75) is 13.1 Å². The first-order valence-electron chi connectivity index (χ1n) is 9.02. The molecule has 0 saturated carbocycles. The van der Waals surface area contributed by atoms with Crippen LogP contribution in [0.25, 0.3) is 11.0 Å². The van der Waals surface area contributed by atoms with E-state index in [0.29, 0.717) is 11.3 Å². The Morgan fingerprint density at radius 3 is 2.89 bits per heavy atom. The Morgan fingerprint density at radius 2 is 2.11 bits per heavy atom. The zero-order valence-electron chi connectivity index (χ0n) is 15.2. The largest absolute Gasteiger partial charge is 0.379 e. The summed E-state index contributed by atoms with van der Waals surface area (Å²) in [5, 5.41) is 2.85. The number of methoxy groups -OCH3 is 1. The number of hydrogen-bond acceptors (Lipinski definition) is 3. The summed E-state index contributed by atoms with van der Waals surface area (Å²) in [6.45, 7) is 4.56. The number of nitrogens with zero attached hydrogens (tertiary/aromatic N) is 2. The molecule has 7 heteroatoms. The molecule has 1 amide bonds. The van der Waals surface area contributed by atoms with Crippen LogP contribution < -0.4 is 10.2 Å². The highest BCUT2D eigenvalue weighted by atomic mass is 19.1. The van der Waals surface area contributed by atoms with E-state index in [0.717, 1.165) is 49.6 Å². The third-order valence-corrected chi connectivity index (χ3v) is 4.95. The van der Waals surface area contributed by atoms with Crippen LogP contribution in [0.15, 0.2) is 42.5 Å². The number of imidazole rings is 1. The number of rotatable bonds is 5. The maximum atomic E-state index is 13.0. The zero-order chi connectivity index (χ0) is 18.8. The van der Waals surface area contributed by atoms with Crippen LogP contribution in [0, 0.1) is 5.82 Å².